The Labute approximate surface area is 112 Å². The van der Waals surface area contributed by atoms with Gasteiger partial charge in [0.05, 0.1) is 6.61 Å². The Bertz CT molecular complexity index is 607. The smallest absolute Gasteiger partial charge is 0.193 e. The number of carbonyl (C=O) groups excluding carboxylic acids is 1. The van der Waals surface area contributed by atoms with Crippen LogP contribution < -0.4 is 0 Å². The average molecular weight is 256 g/mol. The molecular weight excluding hydrogens is 240 g/mol. The van der Waals surface area contributed by atoms with E-state index in [9.17, 15) is 4.79 Å². The van der Waals surface area contributed by atoms with Crippen LogP contribution in [0.25, 0.3) is 10.8 Å². The molecule has 1 atom stereocenters. The topological polar surface area (TPSA) is 42.4 Å². The summed E-state index contributed by atoms with van der Waals surface area (Å²) >= 11 is 0. The number of ether oxygens (including phenoxy) is 1. The summed E-state index contributed by atoms with van der Waals surface area (Å²) in [5.74, 6) is 0.0464. The lowest BCUT2D eigenvalue weighted by atomic mass is 9.99. The highest BCUT2D eigenvalue weighted by molar-refractivity contribution is 6.10. The molecule has 19 heavy (non-hydrogen) atoms. The van der Waals surface area contributed by atoms with Gasteiger partial charge in [0.2, 0.25) is 0 Å². The van der Waals surface area contributed by atoms with E-state index in [0.717, 1.165) is 17.3 Å². The third kappa shape index (κ3) is 2.37. The van der Waals surface area contributed by atoms with Crippen molar-refractivity contribution in [3.8, 4) is 0 Å². The van der Waals surface area contributed by atoms with Crippen molar-refractivity contribution in [2.24, 2.45) is 0 Å². The second-order valence-electron chi connectivity index (χ2n) is 4.89. The molecule has 0 amide bonds. The van der Waals surface area contributed by atoms with Gasteiger partial charge in [-0.2, -0.15) is 0 Å². The molecule has 0 saturated carbocycles. The minimum atomic E-state index is -0.371. The Kier molecular flexibility index (Phi) is 3.27. The van der Waals surface area contributed by atoms with Crippen LogP contribution in [0, 0.1) is 0 Å². The van der Waals surface area contributed by atoms with E-state index in [1.807, 2.05) is 31.3 Å². The van der Waals surface area contributed by atoms with E-state index in [1.54, 1.807) is 12.4 Å². The third-order valence-corrected chi connectivity index (χ3v) is 3.51. The maximum absolute atomic E-state index is 12.6. The van der Waals surface area contributed by atoms with Gasteiger partial charge in [0.25, 0.3) is 0 Å². The zero-order valence-corrected chi connectivity index (χ0v) is 10.9. The number of Topliss-reactive ketones (excluding diaryl/α,β-unsaturated/α-hetero) is 1. The minimum Gasteiger partial charge on any atom is -0.367 e. The lowest BCUT2D eigenvalue weighted by Crippen LogP contribution is -2.44. The number of nitrogens with zero attached hydrogens (tertiary/aromatic N) is 2. The number of morpholine rings is 1. The lowest BCUT2D eigenvalue weighted by molar-refractivity contribution is -0.00852. The Morgan fingerprint density at radius 1 is 1.42 bits per heavy atom. The average Bonchev–Trinajstić information content (AvgIpc) is 2.46. The van der Waals surface area contributed by atoms with E-state index in [0.29, 0.717) is 18.7 Å². The maximum atomic E-state index is 12.6. The molecule has 0 bridgehead atoms. The molecule has 2 heterocycles. The Morgan fingerprint density at radius 3 is 3.16 bits per heavy atom. The summed E-state index contributed by atoms with van der Waals surface area (Å²) in [4.78, 5) is 18.8. The number of pyridine rings is 1. The second kappa shape index (κ2) is 5.07. The summed E-state index contributed by atoms with van der Waals surface area (Å²) < 4.78 is 5.60. The Balaban J connectivity index is 1.97. The summed E-state index contributed by atoms with van der Waals surface area (Å²) in [7, 11) is 2.01. The molecule has 0 radical (unpaired) electrons. The number of ketones is 1. The molecule has 1 aliphatic heterocycles. The number of likely N-dealkylation sites (N-methyl/N-ethyl adjacent to an activating group) is 1. The molecule has 4 heteroatoms. The largest absolute Gasteiger partial charge is 0.367 e. The van der Waals surface area contributed by atoms with Gasteiger partial charge in [-0.15, -0.1) is 0 Å². The van der Waals surface area contributed by atoms with Gasteiger partial charge in [0.15, 0.2) is 5.78 Å². The first-order chi connectivity index (χ1) is 9.25. The molecule has 4 nitrogen and oxygen atoms in total. The highest BCUT2D eigenvalue weighted by Crippen LogP contribution is 2.20. The van der Waals surface area contributed by atoms with E-state index in [1.165, 1.54) is 0 Å². The molecule has 0 spiro atoms. The van der Waals surface area contributed by atoms with Gasteiger partial charge >= 0.3 is 0 Å². The minimum absolute atomic E-state index is 0.0464. The van der Waals surface area contributed by atoms with Crippen molar-refractivity contribution in [2.45, 2.75) is 6.10 Å². The fraction of sp³-hybridized carbons (Fsp3) is 0.333. The second-order valence-corrected chi connectivity index (χ2v) is 4.89. The fourth-order valence-corrected chi connectivity index (χ4v) is 2.44. The van der Waals surface area contributed by atoms with Gasteiger partial charge in [-0.05, 0) is 18.5 Å². The summed E-state index contributed by atoms with van der Waals surface area (Å²) in [5, 5.41) is 1.93. The molecule has 1 fully saturated rings. The highest BCUT2D eigenvalue weighted by Gasteiger charge is 2.26. The number of aromatic nitrogens is 1. The Hall–Kier alpha value is -1.78. The van der Waals surface area contributed by atoms with Gasteiger partial charge < -0.3 is 9.64 Å². The van der Waals surface area contributed by atoms with Gasteiger partial charge in [-0.25, -0.2) is 0 Å². The number of carbonyl (C=O) groups is 1. The first-order valence-electron chi connectivity index (χ1n) is 6.43. The fourth-order valence-electron chi connectivity index (χ4n) is 2.44. The molecular formula is C15H16N2O2. The standard InChI is InChI=1S/C15H16N2O2/c1-17-7-8-19-14(10-17)15(18)12-4-2-3-11-5-6-16-9-13(11)12/h2-6,9,14H,7-8,10H2,1H3. The van der Waals surface area contributed by atoms with E-state index in [4.69, 9.17) is 4.74 Å². The molecule has 1 unspecified atom stereocenters. The molecule has 0 N–H and O–H groups in total. The quantitative estimate of drug-likeness (QED) is 0.768. The van der Waals surface area contributed by atoms with Crippen molar-refractivity contribution in [1.82, 2.24) is 9.88 Å². The van der Waals surface area contributed by atoms with Crippen LogP contribution >= 0.6 is 0 Å². The summed E-state index contributed by atoms with van der Waals surface area (Å²) in [6, 6.07) is 7.66. The van der Waals surface area contributed by atoms with Crippen LogP contribution in [0.5, 0.6) is 0 Å². The first-order valence-corrected chi connectivity index (χ1v) is 6.43. The van der Waals surface area contributed by atoms with Crippen LogP contribution in [0.4, 0.5) is 0 Å². The zero-order chi connectivity index (χ0) is 13.2. The summed E-state index contributed by atoms with van der Waals surface area (Å²) in [6.45, 7) is 2.13. The van der Waals surface area contributed by atoms with Crippen molar-refractivity contribution >= 4 is 16.6 Å². The molecule has 1 aromatic heterocycles. The predicted octanol–water partition coefficient (Wildman–Crippen LogP) is 1.75. The maximum Gasteiger partial charge on any atom is 0.193 e. The highest BCUT2D eigenvalue weighted by atomic mass is 16.5. The lowest BCUT2D eigenvalue weighted by Gasteiger charge is -2.29. The number of hydrogen-bond acceptors (Lipinski definition) is 4. The molecule has 98 valence electrons. The van der Waals surface area contributed by atoms with Crippen LogP contribution in [0.1, 0.15) is 10.4 Å². The van der Waals surface area contributed by atoms with Crippen LogP contribution in [-0.4, -0.2) is 48.5 Å². The number of hydrogen-bond donors (Lipinski definition) is 0. The van der Waals surface area contributed by atoms with Crippen molar-refractivity contribution < 1.29 is 9.53 Å². The monoisotopic (exact) mass is 256 g/mol. The van der Waals surface area contributed by atoms with Crippen molar-refractivity contribution in [2.75, 3.05) is 26.7 Å². The molecule has 1 aliphatic rings. The van der Waals surface area contributed by atoms with E-state index < -0.39 is 0 Å². The summed E-state index contributed by atoms with van der Waals surface area (Å²) in [6.07, 6.45) is 3.11. The van der Waals surface area contributed by atoms with Crippen LogP contribution in [0.3, 0.4) is 0 Å². The van der Waals surface area contributed by atoms with Crippen LogP contribution in [-0.2, 0) is 4.74 Å². The zero-order valence-electron chi connectivity index (χ0n) is 10.9. The van der Waals surface area contributed by atoms with Crippen LogP contribution in [0.2, 0.25) is 0 Å². The normalized spacial score (nSPS) is 20.6. The van der Waals surface area contributed by atoms with E-state index in [-0.39, 0.29) is 11.9 Å². The van der Waals surface area contributed by atoms with Gasteiger partial charge in [-0.3, -0.25) is 9.78 Å². The number of rotatable bonds is 2. The SMILES string of the molecule is CN1CCOC(C(=O)c2cccc3ccncc23)C1. The van der Waals surface area contributed by atoms with Gasteiger partial charge in [-0.1, -0.05) is 18.2 Å². The van der Waals surface area contributed by atoms with Crippen molar-refractivity contribution in [3.63, 3.8) is 0 Å². The first kappa shape index (κ1) is 12.3. The third-order valence-electron chi connectivity index (χ3n) is 3.51. The van der Waals surface area contributed by atoms with Crippen molar-refractivity contribution in [1.29, 1.82) is 0 Å². The van der Waals surface area contributed by atoms with E-state index >= 15 is 0 Å². The van der Waals surface area contributed by atoms with Gasteiger partial charge in [0.1, 0.15) is 6.10 Å². The molecule has 2 aromatic rings. The van der Waals surface area contributed by atoms with E-state index in [2.05, 4.69) is 9.88 Å². The van der Waals surface area contributed by atoms with Crippen molar-refractivity contribution in [3.05, 3.63) is 42.2 Å². The molecule has 3 rings (SSSR count). The molecule has 0 aliphatic carbocycles. The predicted molar refractivity (Wildman–Crippen MR) is 73.3 cm³/mol. The van der Waals surface area contributed by atoms with Gasteiger partial charge in [0, 0.05) is 36.4 Å². The molecule has 1 aromatic carbocycles. The Morgan fingerprint density at radius 2 is 2.32 bits per heavy atom. The van der Waals surface area contributed by atoms with Crippen LogP contribution in [0.15, 0.2) is 36.7 Å². The number of fused-ring (bicyclic) bond motifs is 1. The summed E-state index contributed by atoms with van der Waals surface area (Å²) in [5.41, 5.74) is 0.700. The molecule has 1 saturated heterocycles. The number of benzene rings is 1.